The maximum Gasteiger partial charge on any atom is 0.293 e. The highest BCUT2D eigenvalue weighted by molar-refractivity contribution is 7.99. The monoisotopic (exact) mass is 465 g/mol. The van der Waals surface area contributed by atoms with Gasteiger partial charge in [0.25, 0.3) is 5.89 Å². The molecule has 0 aliphatic rings. The van der Waals surface area contributed by atoms with Crippen molar-refractivity contribution in [2.24, 2.45) is 0 Å². The van der Waals surface area contributed by atoms with Gasteiger partial charge in [0, 0.05) is 6.54 Å². The molecular formula is C24H23N3O5S. The molecule has 2 aromatic heterocycles. The third-order valence-corrected chi connectivity index (χ3v) is 5.73. The lowest BCUT2D eigenvalue weighted by Crippen LogP contribution is -2.24. The first-order chi connectivity index (χ1) is 16.2. The van der Waals surface area contributed by atoms with E-state index < -0.39 is 0 Å². The average molecular weight is 466 g/mol. The summed E-state index contributed by atoms with van der Waals surface area (Å²) in [6.07, 6.45) is 0. The minimum atomic E-state index is -0.0408. The van der Waals surface area contributed by atoms with Crippen LogP contribution in [-0.2, 0) is 17.1 Å². The average Bonchev–Trinajstić information content (AvgIpc) is 3.53. The van der Waals surface area contributed by atoms with E-state index in [9.17, 15) is 4.79 Å². The second kappa shape index (κ2) is 10.7. The standard InChI is InChI=1S/C24H23N3O5S/c1-29-17-9-7-16(8-10-17)13-25-22(28)15-33-14-18-11-12-21(31-18)24-26-23(27-32-24)19-5-3-4-6-20(19)30-2/h3-12H,13-15H2,1-2H3,(H,25,28). The smallest absolute Gasteiger partial charge is 0.293 e. The zero-order valence-corrected chi connectivity index (χ0v) is 19.1. The molecule has 0 unspecified atom stereocenters. The fourth-order valence-corrected chi connectivity index (χ4v) is 3.82. The molecule has 0 fully saturated rings. The first-order valence-corrected chi connectivity index (χ1v) is 11.4. The fourth-order valence-electron chi connectivity index (χ4n) is 3.07. The summed E-state index contributed by atoms with van der Waals surface area (Å²) in [6, 6.07) is 18.6. The highest BCUT2D eigenvalue weighted by atomic mass is 32.2. The molecule has 2 aromatic carbocycles. The van der Waals surface area contributed by atoms with Gasteiger partial charge in [-0.1, -0.05) is 29.4 Å². The topological polar surface area (TPSA) is 99.6 Å². The van der Waals surface area contributed by atoms with E-state index in [0.29, 0.717) is 35.4 Å². The van der Waals surface area contributed by atoms with Crippen molar-refractivity contribution in [1.82, 2.24) is 15.5 Å². The number of hydrogen-bond acceptors (Lipinski definition) is 8. The Hall–Kier alpha value is -3.72. The first-order valence-electron chi connectivity index (χ1n) is 10.2. The molecule has 0 bridgehead atoms. The van der Waals surface area contributed by atoms with Crippen LogP contribution in [0, 0.1) is 0 Å². The van der Waals surface area contributed by atoms with Gasteiger partial charge < -0.3 is 23.7 Å². The summed E-state index contributed by atoms with van der Waals surface area (Å²) in [5.41, 5.74) is 1.75. The Morgan fingerprint density at radius 3 is 2.64 bits per heavy atom. The number of carbonyl (C=O) groups excluding carboxylic acids is 1. The maximum atomic E-state index is 12.1. The van der Waals surface area contributed by atoms with Crippen molar-refractivity contribution >= 4 is 17.7 Å². The van der Waals surface area contributed by atoms with Gasteiger partial charge in [-0.3, -0.25) is 4.79 Å². The highest BCUT2D eigenvalue weighted by Gasteiger charge is 2.16. The van der Waals surface area contributed by atoms with Gasteiger partial charge in [-0.15, -0.1) is 11.8 Å². The molecule has 0 aliphatic carbocycles. The number of rotatable bonds is 10. The zero-order valence-electron chi connectivity index (χ0n) is 18.2. The van der Waals surface area contributed by atoms with Crippen LogP contribution in [0.15, 0.2) is 69.6 Å². The van der Waals surface area contributed by atoms with Gasteiger partial charge in [0.15, 0.2) is 5.76 Å². The molecule has 0 saturated heterocycles. The summed E-state index contributed by atoms with van der Waals surface area (Å²) >= 11 is 1.46. The normalized spacial score (nSPS) is 10.7. The molecule has 9 heteroatoms. The molecule has 8 nitrogen and oxygen atoms in total. The van der Waals surface area contributed by atoms with Gasteiger partial charge in [0.1, 0.15) is 17.3 Å². The van der Waals surface area contributed by atoms with E-state index in [2.05, 4.69) is 15.5 Å². The van der Waals surface area contributed by atoms with E-state index >= 15 is 0 Å². The molecule has 0 atom stereocenters. The molecule has 33 heavy (non-hydrogen) atoms. The van der Waals surface area contributed by atoms with Crippen LogP contribution in [0.25, 0.3) is 23.0 Å². The lowest BCUT2D eigenvalue weighted by Gasteiger charge is -2.06. The van der Waals surface area contributed by atoms with E-state index in [0.717, 1.165) is 22.6 Å². The van der Waals surface area contributed by atoms with Gasteiger partial charge in [0.2, 0.25) is 11.7 Å². The molecular weight excluding hydrogens is 442 g/mol. The van der Waals surface area contributed by atoms with Crippen molar-refractivity contribution in [3.8, 4) is 34.5 Å². The minimum Gasteiger partial charge on any atom is -0.497 e. The molecule has 2 heterocycles. The Balaban J connectivity index is 1.27. The van der Waals surface area contributed by atoms with Crippen LogP contribution in [0.1, 0.15) is 11.3 Å². The van der Waals surface area contributed by atoms with Crippen molar-refractivity contribution < 1.29 is 23.2 Å². The van der Waals surface area contributed by atoms with Crippen molar-refractivity contribution in [1.29, 1.82) is 0 Å². The third kappa shape index (κ3) is 5.75. The molecule has 4 aromatic rings. The first kappa shape index (κ1) is 22.5. The predicted octanol–water partition coefficient (Wildman–Crippen LogP) is 4.56. The SMILES string of the molecule is COc1ccc(CNC(=O)CSCc2ccc(-c3nc(-c4ccccc4OC)no3)o2)cc1. The number of para-hydroxylation sites is 1. The summed E-state index contributed by atoms with van der Waals surface area (Å²) in [4.78, 5) is 16.5. The Kier molecular flexibility index (Phi) is 7.31. The van der Waals surface area contributed by atoms with Gasteiger partial charge in [0.05, 0.1) is 31.3 Å². The zero-order chi connectivity index (χ0) is 23.0. The Morgan fingerprint density at radius 2 is 1.85 bits per heavy atom. The number of methoxy groups -OCH3 is 2. The lowest BCUT2D eigenvalue weighted by atomic mass is 10.2. The van der Waals surface area contributed by atoms with Gasteiger partial charge in [-0.05, 0) is 42.0 Å². The van der Waals surface area contributed by atoms with E-state index in [-0.39, 0.29) is 11.8 Å². The highest BCUT2D eigenvalue weighted by Crippen LogP contribution is 2.30. The largest absolute Gasteiger partial charge is 0.497 e. The number of amides is 1. The quantitative estimate of drug-likeness (QED) is 0.364. The van der Waals surface area contributed by atoms with Crippen molar-refractivity contribution in [3.63, 3.8) is 0 Å². The van der Waals surface area contributed by atoms with E-state index in [4.69, 9.17) is 18.4 Å². The van der Waals surface area contributed by atoms with Crippen LogP contribution in [0.2, 0.25) is 0 Å². The molecule has 0 aliphatic heterocycles. The number of nitrogens with one attached hydrogen (secondary N) is 1. The van der Waals surface area contributed by atoms with Crippen LogP contribution in [0.4, 0.5) is 0 Å². The molecule has 0 spiro atoms. The molecule has 170 valence electrons. The number of carbonyl (C=O) groups is 1. The molecule has 0 radical (unpaired) electrons. The van der Waals surface area contributed by atoms with Crippen molar-refractivity contribution in [2.45, 2.75) is 12.3 Å². The van der Waals surface area contributed by atoms with Crippen LogP contribution in [-0.4, -0.2) is 36.0 Å². The molecule has 0 saturated carbocycles. The van der Waals surface area contributed by atoms with Crippen molar-refractivity contribution in [3.05, 3.63) is 72.0 Å². The van der Waals surface area contributed by atoms with Gasteiger partial charge in [-0.25, -0.2) is 0 Å². The number of thioether (sulfide) groups is 1. The second-order valence-electron chi connectivity index (χ2n) is 7.01. The van der Waals surface area contributed by atoms with Gasteiger partial charge >= 0.3 is 0 Å². The summed E-state index contributed by atoms with van der Waals surface area (Å²) in [6.45, 7) is 0.472. The summed E-state index contributed by atoms with van der Waals surface area (Å²) in [5, 5.41) is 6.94. The summed E-state index contributed by atoms with van der Waals surface area (Å²) in [7, 11) is 3.22. The van der Waals surface area contributed by atoms with Crippen LogP contribution >= 0.6 is 11.8 Å². The number of hydrogen-bond donors (Lipinski definition) is 1. The second-order valence-corrected chi connectivity index (χ2v) is 7.99. The number of furan rings is 1. The Labute approximate surface area is 195 Å². The molecule has 1 N–H and O–H groups in total. The van der Waals surface area contributed by atoms with Crippen LogP contribution in [0.3, 0.4) is 0 Å². The lowest BCUT2D eigenvalue weighted by molar-refractivity contribution is -0.118. The predicted molar refractivity (Wildman–Crippen MR) is 125 cm³/mol. The summed E-state index contributed by atoms with van der Waals surface area (Å²) in [5.74, 6) is 4.17. The van der Waals surface area contributed by atoms with E-state index in [1.54, 1.807) is 20.3 Å². The van der Waals surface area contributed by atoms with E-state index in [1.165, 1.54) is 11.8 Å². The number of benzene rings is 2. The maximum absolute atomic E-state index is 12.1. The van der Waals surface area contributed by atoms with Crippen molar-refractivity contribution in [2.75, 3.05) is 20.0 Å². The van der Waals surface area contributed by atoms with E-state index in [1.807, 2.05) is 54.6 Å². The van der Waals surface area contributed by atoms with Crippen LogP contribution in [0.5, 0.6) is 11.5 Å². The molecule has 4 rings (SSSR count). The Bertz CT molecular complexity index is 1200. The number of ether oxygens (including phenoxy) is 2. The number of aromatic nitrogens is 2. The van der Waals surface area contributed by atoms with Gasteiger partial charge in [-0.2, -0.15) is 4.98 Å². The minimum absolute atomic E-state index is 0.0408. The Morgan fingerprint density at radius 1 is 1.03 bits per heavy atom. The summed E-state index contributed by atoms with van der Waals surface area (Å²) < 4.78 is 21.7. The third-order valence-electron chi connectivity index (χ3n) is 4.77. The van der Waals surface area contributed by atoms with Crippen LogP contribution < -0.4 is 14.8 Å². The number of nitrogens with zero attached hydrogens (tertiary/aromatic N) is 2. The fraction of sp³-hybridized carbons (Fsp3) is 0.208. The molecule has 1 amide bonds.